The minimum atomic E-state index is -0.129. The molecular weight excluding hydrogens is 174 g/mol. The average Bonchev–Trinajstić information content (AvgIpc) is 2.12. The van der Waals surface area contributed by atoms with Crippen molar-refractivity contribution in [2.45, 2.75) is 20.8 Å². The largest absolute Gasteiger partial charge is 0.269 e. The zero-order valence-electron chi connectivity index (χ0n) is 8.66. The summed E-state index contributed by atoms with van der Waals surface area (Å²) in [5, 5.41) is 0. The van der Waals surface area contributed by atoms with Gasteiger partial charge in [0.15, 0.2) is 0 Å². The van der Waals surface area contributed by atoms with Crippen LogP contribution in [0.25, 0.3) is 0 Å². The second-order valence-electron chi connectivity index (χ2n) is 3.87. The minimum absolute atomic E-state index is 0.129. The Balaban J connectivity index is 2.52. The van der Waals surface area contributed by atoms with E-state index in [1.54, 1.807) is 6.08 Å². The van der Waals surface area contributed by atoms with E-state index >= 15 is 0 Å². The second-order valence-corrected chi connectivity index (χ2v) is 3.87. The molecule has 0 fully saturated rings. The summed E-state index contributed by atoms with van der Waals surface area (Å²) in [6.07, 6.45) is 5.83. The summed E-state index contributed by atoms with van der Waals surface area (Å²) in [5.74, 6) is 0.0904. The van der Waals surface area contributed by atoms with Crippen molar-refractivity contribution in [3.63, 3.8) is 0 Å². The van der Waals surface area contributed by atoms with Gasteiger partial charge in [-0.05, 0) is 31.9 Å². The molecule has 0 aromatic rings. The molecule has 1 unspecified atom stereocenters. The van der Waals surface area contributed by atoms with Gasteiger partial charge in [-0.25, -0.2) is 4.99 Å². The van der Waals surface area contributed by atoms with Crippen LogP contribution in [0.15, 0.2) is 39.9 Å². The first-order valence-electron chi connectivity index (χ1n) is 4.76. The Morgan fingerprint density at radius 3 is 2.71 bits per heavy atom. The normalized spacial score (nSPS) is 25.9. The van der Waals surface area contributed by atoms with E-state index in [9.17, 15) is 4.79 Å². The van der Waals surface area contributed by atoms with Crippen LogP contribution in [0, 0.1) is 5.92 Å². The molecule has 72 valence electrons. The maximum absolute atomic E-state index is 11.3. The molecule has 0 saturated carbocycles. The summed E-state index contributed by atoms with van der Waals surface area (Å²) in [5.41, 5.74) is 4.35. The van der Waals surface area contributed by atoms with Gasteiger partial charge in [-0.15, -0.1) is 0 Å². The van der Waals surface area contributed by atoms with Gasteiger partial charge in [0.05, 0.1) is 5.71 Å². The fraction of sp³-hybridized carbons (Fsp3) is 0.333. The molecule has 0 bridgehead atoms. The predicted molar refractivity (Wildman–Crippen MR) is 57.2 cm³/mol. The summed E-state index contributed by atoms with van der Waals surface area (Å²) in [7, 11) is 0. The fourth-order valence-corrected chi connectivity index (χ4v) is 1.85. The summed E-state index contributed by atoms with van der Waals surface area (Å²) in [4.78, 5) is 15.3. The van der Waals surface area contributed by atoms with Crippen molar-refractivity contribution in [2.75, 3.05) is 0 Å². The fourth-order valence-electron chi connectivity index (χ4n) is 1.85. The van der Waals surface area contributed by atoms with Crippen molar-refractivity contribution >= 4 is 11.6 Å². The number of hydrogen-bond donors (Lipinski definition) is 0. The number of rotatable bonds is 0. The summed E-state index contributed by atoms with van der Waals surface area (Å²) in [6.45, 7) is 6.05. The van der Waals surface area contributed by atoms with Gasteiger partial charge in [-0.1, -0.05) is 17.7 Å². The molecule has 1 amide bonds. The first-order chi connectivity index (χ1) is 6.59. The van der Waals surface area contributed by atoms with Crippen LogP contribution in [-0.2, 0) is 4.79 Å². The lowest BCUT2D eigenvalue weighted by Crippen LogP contribution is -2.23. The lowest BCUT2D eigenvalue weighted by Gasteiger charge is -2.24. The molecule has 0 spiro atoms. The van der Waals surface area contributed by atoms with E-state index in [1.807, 2.05) is 20.8 Å². The molecule has 2 nitrogen and oxygen atoms in total. The molecule has 2 aliphatic rings. The van der Waals surface area contributed by atoms with Crippen LogP contribution < -0.4 is 0 Å². The smallest absolute Gasteiger partial charge is 0.267 e. The number of nitrogens with zero attached hydrogens (tertiary/aromatic N) is 1. The summed E-state index contributed by atoms with van der Waals surface area (Å²) in [6, 6.07) is 0. The van der Waals surface area contributed by atoms with Crippen LogP contribution in [0.4, 0.5) is 0 Å². The maximum atomic E-state index is 11.3. The van der Waals surface area contributed by atoms with Gasteiger partial charge in [0.1, 0.15) is 0 Å². The topological polar surface area (TPSA) is 29.4 Å². The van der Waals surface area contributed by atoms with Crippen LogP contribution in [-0.4, -0.2) is 11.6 Å². The third-order valence-corrected chi connectivity index (χ3v) is 2.88. The number of amides is 1. The highest BCUT2D eigenvalue weighted by atomic mass is 16.1. The van der Waals surface area contributed by atoms with Crippen molar-refractivity contribution < 1.29 is 4.79 Å². The van der Waals surface area contributed by atoms with Gasteiger partial charge in [0.25, 0.3) is 5.91 Å². The molecular formula is C12H13NO. The van der Waals surface area contributed by atoms with Crippen molar-refractivity contribution in [3.05, 3.63) is 34.9 Å². The van der Waals surface area contributed by atoms with Gasteiger partial charge in [-0.3, -0.25) is 4.79 Å². The van der Waals surface area contributed by atoms with E-state index in [4.69, 9.17) is 0 Å². The molecule has 14 heavy (non-hydrogen) atoms. The first-order valence-corrected chi connectivity index (χ1v) is 4.76. The standard InChI is InChI=1S/C12H13NO/c1-7-4-5-10-8(2)6-11(14)13-12(10)9(7)3/h4-6,10H,1-3H3. The van der Waals surface area contributed by atoms with Crippen LogP contribution in [0.5, 0.6) is 0 Å². The number of hydrogen-bond acceptors (Lipinski definition) is 1. The van der Waals surface area contributed by atoms with Crippen molar-refractivity contribution in [3.8, 4) is 0 Å². The third kappa shape index (κ3) is 1.27. The SMILES string of the molecule is CC1=CC(=O)N=C2C(C)=C(C)C=CC12. The predicted octanol–water partition coefficient (Wildman–Crippen LogP) is 2.44. The molecule has 2 rings (SSSR count). The molecule has 0 aromatic carbocycles. The van der Waals surface area contributed by atoms with E-state index in [-0.39, 0.29) is 11.8 Å². The van der Waals surface area contributed by atoms with Gasteiger partial charge in [-0.2, -0.15) is 0 Å². The van der Waals surface area contributed by atoms with Crippen molar-refractivity contribution in [2.24, 2.45) is 10.9 Å². The highest BCUT2D eigenvalue weighted by molar-refractivity contribution is 6.15. The maximum Gasteiger partial charge on any atom is 0.269 e. The molecule has 0 N–H and O–H groups in total. The van der Waals surface area contributed by atoms with E-state index < -0.39 is 0 Å². The van der Waals surface area contributed by atoms with Crippen molar-refractivity contribution in [1.29, 1.82) is 0 Å². The monoisotopic (exact) mass is 187 g/mol. The number of dihydropyridines is 1. The lowest BCUT2D eigenvalue weighted by molar-refractivity contribution is -0.113. The van der Waals surface area contributed by atoms with Crippen molar-refractivity contribution in [1.82, 2.24) is 0 Å². The number of aliphatic imine (C=N–C) groups is 1. The minimum Gasteiger partial charge on any atom is -0.267 e. The van der Waals surface area contributed by atoms with Gasteiger partial charge in [0, 0.05) is 12.0 Å². The van der Waals surface area contributed by atoms with Gasteiger partial charge < -0.3 is 0 Å². The van der Waals surface area contributed by atoms with E-state index in [0.29, 0.717) is 0 Å². The third-order valence-electron chi connectivity index (χ3n) is 2.88. The summed E-state index contributed by atoms with van der Waals surface area (Å²) >= 11 is 0. The molecule has 1 aliphatic carbocycles. The number of allylic oxidation sites excluding steroid dienone is 5. The Labute approximate surface area is 83.7 Å². The Kier molecular flexibility index (Phi) is 1.99. The van der Waals surface area contributed by atoms with Crippen LogP contribution in [0.3, 0.4) is 0 Å². The number of fused-ring (bicyclic) bond motifs is 1. The molecule has 0 radical (unpaired) electrons. The number of carbonyl (C=O) groups excluding carboxylic acids is 1. The number of carbonyl (C=O) groups is 1. The molecule has 0 saturated heterocycles. The average molecular weight is 187 g/mol. The highest BCUT2D eigenvalue weighted by Crippen LogP contribution is 2.28. The van der Waals surface area contributed by atoms with E-state index in [2.05, 4.69) is 17.1 Å². The van der Waals surface area contributed by atoms with E-state index in [0.717, 1.165) is 16.9 Å². The zero-order chi connectivity index (χ0) is 10.3. The molecule has 2 heteroatoms. The van der Waals surface area contributed by atoms with Crippen LogP contribution in [0.1, 0.15) is 20.8 Å². The Hall–Kier alpha value is -1.44. The quantitative estimate of drug-likeness (QED) is 0.572. The Morgan fingerprint density at radius 2 is 2.00 bits per heavy atom. The summed E-state index contributed by atoms with van der Waals surface area (Å²) < 4.78 is 0. The van der Waals surface area contributed by atoms with E-state index in [1.165, 1.54) is 5.57 Å². The molecule has 1 atom stereocenters. The second kappa shape index (κ2) is 3.05. The molecule has 1 heterocycles. The molecule has 0 aromatic heterocycles. The Morgan fingerprint density at radius 1 is 1.29 bits per heavy atom. The van der Waals surface area contributed by atoms with Gasteiger partial charge in [0.2, 0.25) is 0 Å². The Bertz CT molecular complexity index is 422. The zero-order valence-corrected chi connectivity index (χ0v) is 8.66. The van der Waals surface area contributed by atoms with Gasteiger partial charge >= 0.3 is 0 Å². The van der Waals surface area contributed by atoms with Crippen LogP contribution in [0.2, 0.25) is 0 Å². The molecule has 1 aliphatic heterocycles. The van der Waals surface area contributed by atoms with Crippen LogP contribution >= 0.6 is 0 Å². The first kappa shape index (κ1) is 9.13. The lowest BCUT2D eigenvalue weighted by atomic mass is 9.83. The highest BCUT2D eigenvalue weighted by Gasteiger charge is 2.25.